The van der Waals surface area contributed by atoms with Gasteiger partial charge in [0, 0.05) is 6.54 Å². The van der Waals surface area contributed by atoms with Crippen molar-refractivity contribution in [2.75, 3.05) is 6.54 Å². The quantitative estimate of drug-likeness (QED) is 0.473. The summed E-state index contributed by atoms with van der Waals surface area (Å²) in [5.41, 5.74) is 0. The van der Waals surface area contributed by atoms with Crippen LogP contribution in [0, 0.1) is 0 Å². The molecule has 0 unspecified atom stereocenters. The molecular weight excluding hydrogens is 134 g/mol. The number of nitrogens with one attached hydrogen (secondary N) is 1. The van der Waals surface area contributed by atoms with Gasteiger partial charge in [-0.15, -0.1) is 0 Å². The topological polar surface area (TPSA) is 69.6 Å². The largest absolute Gasteiger partial charge is 0.392 e. The van der Waals surface area contributed by atoms with Crippen LogP contribution in [-0.4, -0.2) is 34.9 Å². The fraction of sp³-hybridized carbons (Fsp3) is 0.833. The van der Waals surface area contributed by atoms with E-state index in [4.69, 9.17) is 10.2 Å². The summed E-state index contributed by atoms with van der Waals surface area (Å²) in [5.74, 6) is -0.457. The molecule has 0 aliphatic heterocycles. The Labute approximate surface area is 59.9 Å². The minimum absolute atomic E-state index is 0.184. The minimum Gasteiger partial charge on any atom is -0.392 e. The molecule has 0 bridgehead atoms. The zero-order chi connectivity index (χ0) is 8.15. The first kappa shape index (κ1) is 9.39. The molecule has 0 aromatic carbocycles. The van der Waals surface area contributed by atoms with Crippen molar-refractivity contribution in [3.63, 3.8) is 0 Å². The van der Waals surface area contributed by atoms with E-state index in [0.717, 1.165) is 0 Å². The zero-order valence-electron chi connectivity index (χ0n) is 6.16. The predicted molar refractivity (Wildman–Crippen MR) is 36.4 cm³/mol. The van der Waals surface area contributed by atoms with Gasteiger partial charge >= 0.3 is 0 Å². The summed E-state index contributed by atoms with van der Waals surface area (Å²) in [4.78, 5) is 10.6. The monoisotopic (exact) mass is 147 g/mol. The van der Waals surface area contributed by atoms with Crippen LogP contribution in [-0.2, 0) is 4.79 Å². The molecule has 0 saturated heterocycles. The molecule has 0 saturated carbocycles. The Kier molecular flexibility index (Phi) is 3.99. The van der Waals surface area contributed by atoms with E-state index in [1.165, 1.54) is 6.92 Å². The first-order valence-corrected chi connectivity index (χ1v) is 3.18. The Balaban J connectivity index is 3.40. The Bertz CT molecular complexity index is 112. The van der Waals surface area contributed by atoms with Gasteiger partial charge in [-0.3, -0.25) is 4.79 Å². The summed E-state index contributed by atoms with van der Waals surface area (Å²) in [6.45, 7) is 3.11. The van der Waals surface area contributed by atoms with E-state index in [-0.39, 0.29) is 6.54 Å². The summed E-state index contributed by atoms with van der Waals surface area (Å²) in [5, 5.41) is 19.7. The molecule has 0 rings (SSSR count). The van der Waals surface area contributed by atoms with Crippen molar-refractivity contribution in [3.8, 4) is 0 Å². The van der Waals surface area contributed by atoms with Gasteiger partial charge in [0.1, 0.15) is 6.10 Å². The number of amides is 1. The molecule has 1 amide bonds. The van der Waals surface area contributed by atoms with Crippen LogP contribution in [0.1, 0.15) is 13.8 Å². The Morgan fingerprint density at radius 2 is 2.00 bits per heavy atom. The lowest BCUT2D eigenvalue weighted by Crippen LogP contribution is -2.36. The van der Waals surface area contributed by atoms with E-state index in [0.29, 0.717) is 0 Å². The SMILES string of the molecule is C[C@H](O)C(=O)NC[C@@H](C)O. The highest BCUT2D eigenvalue weighted by molar-refractivity contribution is 5.79. The Morgan fingerprint density at radius 1 is 1.50 bits per heavy atom. The van der Waals surface area contributed by atoms with Gasteiger partial charge in [0.05, 0.1) is 6.10 Å². The lowest BCUT2D eigenvalue weighted by Gasteiger charge is -2.07. The second-order valence-electron chi connectivity index (χ2n) is 2.27. The smallest absolute Gasteiger partial charge is 0.248 e. The van der Waals surface area contributed by atoms with E-state index >= 15 is 0 Å². The summed E-state index contributed by atoms with van der Waals surface area (Å²) in [6, 6.07) is 0. The van der Waals surface area contributed by atoms with Gasteiger partial charge in [-0.1, -0.05) is 0 Å². The van der Waals surface area contributed by atoms with E-state index in [1.807, 2.05) is 0 Å². The maximum atomic E-state index is 10.6. The molecule has 0 aliphatic rings. The van der Waals surface area contributed by atoms with Gasteiger partial charge < -0.3 is 15.5 Å². The molecule has 0 aromatic rings. The van der Waals surface area contributed by atoms with Crippen molar-refractivity contribution >= 4 is 5.91 Å². The van der Waals surface area contributed by atoms with Gasteiger partial charge in [0.25, 0.3) is 0 Å². The highest BCUT2D eigenvalue weighted by Crippen LogP contribution is 1.80. The van der Waals surface area contributed by atoms with Crippen LogP contribution < -0.4 is 5.32 Å². The molecule has 4 heteroatoms. The lowest BCUT2D eigenvalue weighted by atomic mass is 10.3. The van der Waals surface area contributed by atoms with Gasteiger partial charge in [-0.05, 0) is 13.8 Å². The molecule has 0 radical (unpaired) electrons. The number of hydrogen-bond donors (Lipinski definition) is 3. The Morgan fingerprint density at radius 3 is 2.30 bits per heavy atom. The van der Waals surface area contributed by atoms with Crippen LogP contribution in [0.5, 0.6) is 0 Å². The lowest BCUT2D eigenvalue weighted by molar-refractivity contribution is -0.128. The number of hydrogen-bond acceptors (Lipinski definition) is 3. The fourth-order valence-corrected chi connectivity index (χ4v) is 0.396. The molecule has 3 N–H and O–H groups in total. The Hall–Kier alpha value is -0.610. The fourth-order valence-electron chi connectivity index (χ4n) is 0.396. The zero-order valence-corrected chi connectivity index (χ0v) is 6.16. The van der Waals surface area contributed by atoms with Crippen molar-refractivity contribution in [2.24, 2.45) is 0 Å². The van der Waals surface area contributed by atoms with Gasteiger partial charge in [-0.25, -0.2) is 0 Å². The number of rotatable bonds is 3. The molecule has 0 spiro atoms. The molecule has 2 atom stereocenters. The molecule has 0 aliphatic carbocycles. The third-order valence-electron chi connectivity index (χ3n) is 0.951. The second kappa shape index (κ2) is 4.24. The van der Waals surface area contributed by atoms with Crippen LogP contribution in [0.4, 0.5) is 0 Å². The predicted octanol–water partition coefficient (Wildman–Crippen LogP) is -1.14. The van der Waals surface area contributed by atoms with Crippen molar-refractivity contribution in [1.82, 2.24) is 5.32 Å². The van der Waals surface area contributed by atoms with Crippen molar-refractivity contribution < 1.29 is 15.0 Å². The van der Waals surface area contributed by atoms with Crippen molar-refractivity contribution in [1.29, 1.82) is 0 Å². The third kappa shape index (κ3) is 4.29. The average Bonchev–Trinajstić information content (AvgIpc) is 1.82. The normalized spacial score (nSPS) is 16.0. The third-order valence-corrected chi connectivity index (χ3v) is 0.951. The first-order chi connectivity index (χ1) is 4.54. The van der Waals surface area contributed by atoms with Gasteiger partial charge in [0.2, 0.25) is 5.91 Å². The maximum absolute atomic E-state index is 10.6. The molecule has 0 heterocycles. The van der Waals surface area contributed by atoms with Crippen LogP contribution in [0.15, 0.2) is 0 Å². The molecule has 60 valence electrons. The second-order valence-corrected chi connectivity index (χ2v) is 2.27. The number of carbonyl (C=O) groups is 1. The number of aliphatic hydroxyl groups is 2. The summed E-state index contributed by atoms with van der Waals surface area (Å²) in [6.07, 6.45) is -1.57. The highest BCUT2D eigenvalue weighted by Gasteiger charge is 2.07. The van der Waals surface area contributed by atoms with Crippen molar-refractivity contribution in [3.05, 3.63) is 0 Å². The molecule has 4 nitrogen and oxygen atoms in total. The average molecular weight is 147 g/mol. The first-order valence-electron chi connectivity index (χ1n) is 3.18. The molecular formula is C6H13NO3. The van der Waals surface area contributed by atoms with E-state index in [1.54, 1.807) is 6.92 Å². The highest BCUT2D eigenvalue weighted by atomic mass is 16.3. The van der Waals surface area contributed by atoms with Crippen LogP contribution >= 0.6 is 0 Å². The van der Waals surface area contributed by atoms with Crippen LogP contribution in [0.2, 0.25) is 0 Å². The van der Waals surface area contributed by atoms with Gasteiger partial charge in [-0.2, -0.15) is 0 Å². The maximum Gasteiger partial charge on any atom is 0.248 e. The number of aliphatic hydroxyl groups excluding tert-OH is 2. The van der Waals surface area contributed by atoms with Crippen LogP contribution in [0.25, 0.3) is 0 Å². The molecule has 0 fully saturated rings. The van der Waals surface area contributed by atoms with Crippen molar-refractivity contribution in [2.45, 2.75) is 26.1 Å². The summed E-state index contributed by atoms with van der Waals surface area (Å²) >= 11 is 0. The van der Waals surface area contributed by atoms with Gasteiger partial charge in [0.15, 0.2) is 0 Å². The minimum atomic E-state index is -1.00. The summed E-state index contributed by atoms with van der Waals surface area (Å²) in [7, 11) is 0. The molecule has 10 heavy (non-hydrogen) atoms. The standard InChI is InChI=1S/C6H13NO3/c1-4(8)3-7-6(10)5(2)9/h4-5,8-9H,3H2,1-2H3,(H,7,10)/t4-,5+/m1/s1. The van der Waals surface area contributed by atoms with E-state index < -0.39 is 18.1 Å². The summed E-state index contributed by atoms with van der Waals surface area (Å²) < 4.78 is 0. The number of carbonyl (C=O) groups excluding carboxylic acids is 1. The van der Waals surface area contributed by atoms with Crippen LogP contribution in [0.3, 0.4) is 0 Å². The molecule has 0 aromatic heterocycles. The van der Waals surface area contributed by atoms with E-state index in [9.17, 15) is 4.79 Å². The van der Waals surface area contributed by atoms with E-state index in [2.05, 4.69) is 5.32 Å².